The number of pyridine rings is 1. The van der Waals surface area contributed by atoms with E-state index in [4.69, 9.17) is 4.74 Å². The number of piperidine rings is 1. The van der Waals surface area contributed by atoms with Crippen LogP contribution in [0.15, 0.2) is 47.3 Å². The standard InChI is InChI=1S/C20H20FN3O4/c21-14-4-1-5-15(10-14)24-13-20(28-11-18(24)26)8-3-9-23(12-20)19(27)16-6-2-7-17(25)22-16/h1-2,4-7,10H,3,8-9,11-13H2,(H,22,25). The highest BCUT2D eigenvalue weighted by Gasteiger charge is 2.44. The van der Waals surface area contributed by atoms with Gasteiger partial charge in [-0.15, -0.1) is 0 Å². The maximum absolute atomic E-state index is 13.6. The van der Waals surface area contributed by atoms with Crippen molar-refractivity contribution in [3.8, 4) is 0 Å². The minimum atomic E-state index is -0.719. The van der Waals surface area contributed by atoms with Gasteiger partial charge in [-0.25, -0.2) is 4.39 Å². The highest BCUT2D eigenvalue weighted by atomic mass is 19.1. The van der Waals surface area contributed by atoms with E-state index in [0.717, 1.165) is 0 Å². The SMILES string of the molecule is O=C(c1cccc(=O)[nH]1)N1CCCC2(C1)CN(c1cccc(F)c1)C(=O)CO2. The maximum Gasteiger partial charge on any atom is 0.270 e. The number of nitrogens with one attached hydrogen (secondary N) is 1. The van der Waals surface area contributed by atoms with Crippen molar-refractivity contribution in [2.45, 2.75) is 18.4 Å². The first-order chi connectivity index (χ1) is 13.5. The Hall–Kier alpha value is -3.00. The van der Waals surface area contributed by atoms with E-state index in [-0.39, 0.29) is 36.2 Å². The first-order valence-corrected chi connectivity index (χ1v) is 9.14. The van der Waals surface area contributed by atoms with Crippen molar-refractivity contribution < 1.29 is 18.7 Å². The van der Waals surface area contributed by atoms with Crippen molar-refractivity contribution >= 4 is 17.5 Å². The third-order valence-electron chi connectivity index (χ3n) is 5.19. The number of carbonyl (C=O) groups is 2. The van der Waals surface area contributed by atoms with Crippen molar-refractivity contribution in [2.75, 3.05) is 31.1 Å². The maximum atomic E-state index is 13.6. The molecule has 1 N–H and O–H groups in total. The molecule has 0 saturated carbocycles. The predicted octanol–water partition coefficient (Wildman–Crippen LogP) is 1.55. The van der Waals surface area contributed by atoms with Gasteiger partial charge in [0.2, 0.25) is 5.56 Å². The molecule has 3 heterocycles. The molecule has 2 aliphatic rings. The summed E-state index contributed by atoms with van der Waals surface area (Å²) in [6.45, 7) is 0.946. The van der Waals surface area contributed by atoms with E-state index >= 15 is 0 Å². The van der Waals surface area contributed by atoms with Crippen LogP contribution in [0.5, 0.6) is 0 Å². The lowest BCUT2D eigenvalue weighted by molar-refractivity contribution is -0.144. The summed E-state index contributed by atoms with van der Waals surface area (Å²) >= 11 is 0. The van der Waals surface area contributed by atoms with Gasteiger partial charge in [0.1, 0.15) is 23.7 Å². The summed E-state index contributed by atoms with van der Waals surface area (Å²) in [7, 11) is 0. The molecule has 2 amide bonds. The van der Waals surface area contributed by atoms with Crippen LogP contribution in [-0.2, 0) is 9.53 Å². The highest BCUT2D eigenvalue weighted by Crippen LogP contribution is 2.32. The first-order valence-electron chi connectivity index (χ1n) is 9.14. The van der Waals surface area contributed by atoms with Crippen LogP contribution in [0.3, 0.4) is 0 Å². The lowest BCUT2D eigenvalue weighted by Crippen LogP contribution is -2.62. The Labute approximate surface area is 160 Å². The molecule has 7 nitrogen and oxygen atoms in total. The van der Waals surface area contributed by atoms with Gasteiger partial charge in [0.05, 0.1) is 13.1 Å². The number of H-pyrrole nitrogens is 1. The van der Waals surface area contributed by atoms with Gasteiger partial charge in [0, 0.05) is 18.3 Å². The number of amides is 2. The van der Waals surface area contributed by atoms with Crippen LogP contribution in [-0.4, -0.2) is 53.5 Å². The number of morpholine rings is 1. The highest BCUT2D eigenvalue weighted by molar-refractivity contribution is 5.95. The van der Waals surface area contributed by atoms with E-state index < -0.39 is 11.4 Å². The number of rotatable bonds is 2. The van der Waals surface area contributed by atoms with E-state index in [1.165, 1.54) is 29.2 Å². The Bertz CT molecular complexity index is 976. The molecule has 1 unspecified atom stereocenters. The number of likely N-dealkylation sites (tertiary alicyclic amines) is 1. The second-order valence-corrected chi connectivity index (χ2v) is 7.19. The summed E-state index contributed by atoms with van der Waals surface area (Å²) in [5.41, 5.74) is -0.361. The van der Waals surface area contributed by atoms with E-state index in [9.17, 15) is 18.8 Å². The predicted molar refractivity (Wildman–Crippen MR) is 99.6 cm³/mol. The van der Waals surface area contributed by atoms with Crippen molar-refractivity contribution in [1.29, 1.82) is 0 Å². The molecule has 1 spiro atoms. The Morgan fingerprint density at radius 3 is 2.75 bits per heavy atom. The van der Waals surface area contributed by atoms with Crippen LogP contribution in [0.4, 0.5) is 10.1 Å². The average molecular weight is 385 g/mol. The number of carbonyl (C=O) groups excluding carboxylic acids is 2. The van der Waals surface area contributed by atoms with Gasteiger partial charge in [-0.3, -0.25) is 14.4 Å². The largest absolute Gasteiger partial charge is 0.361 e. The second kappa shape index (κ2) is 7.20. The monoisotopic (exact) mass is 385 g/mol. The molecule has 2 aliphatic heterocycles. The Morgan fingerprint density at radius 1 is 1.14 bits per heavy atom. The summed E-state index contributed by atoms with van der Waals surface area (Å²) in [5, 5.41) is 0. The average Bonchev–Trinajstić information content (AvgIpc) is 2.70. The number of halogens is 1. The molecule has 0 bridgehead atoms. The Morgan fingerprint density at radius 2 is 1.96 bits per heavy atom. The minimum Gasteiger partial charge on any atom is -0.361 e. The summed E-state index contributed by atoms with van der Waals surface area (Å²) in [6, 6.07) is 10.3. The van der Waals surface area contributed by atoms with E-state index in [2.05, 4.69) is 4.98 Å². The van der Waals surface area contributed by atoms with Crippen LogP contribution in [0.1, 0.15) is 23.3 Å². The van der Waals surface area contributed by atoms with Crippen LogP contribution in [0.2, 0.25) is 0 Å². The zero-order valence-corrected chi connectivity index (χ0v) is 15.2. The Kier molecular flexibility index (Phi) is 4.72. The normalized spacial score (nSPS) is 22.5. The minimum absolute atomic E-state index is 0.124. The number of aromatic amines is 1. The fourth-order valence-corrected chi connectivity index (χ4v) is 3.86. The molecule has 1 aromatic heterocycles. The summed E-state index contributed by atoms with van der Waals surface area (Å²) in [4.78, 5) is 42.4. The van der Waals surface area contributed by atoms with Gasteiger partial charge in [-0.1, -0.05) is 12.1 Å². The number of ether oxygens (including phenoxy) is 1. The fraction of sp³-hybridized carbons (Fsp3) is 0.350. The topological polar surface area (TPSA) is 82.7 Å². The van der Waals surface area contributed by atoms with Crippen molar-refractivity contribution in [2.24, 2.45) is 0 Å². The van der Waals surface area contributed by atoms with Crippen LogP contribution in [0, 0.1) is 5.82 Å². The molecule has 0 aliphatic carbocycles. The fourth-order valence-electron chi connectivity index (χ4n) is 3.86. The number of aromatic nitrogens is 1. The molecule has 8 heteroatoms. The quantitative estimate of drug-likeness (QED) is 0.850. The zero-order chi connectivity index (χ0) is 19.7. The molecular formula is C20H20FN3O4. The molecule has 146 valence electrons. The van der Waals surface area contributed by atoms with E-state index in [1.807, 2.05) is 0 Å². The summed E-state index contributed by atoms with van der Waals surface area (Å²) in [6.07, 6.45) is 1.38. The molecule has 2 fully saturated rings. The molecule has 1 atom stereocenters. The third-order valence-corrected chi connectivity index (χ3v) is 5.19. The van der Waals surface area contributed by atoms with Gasteiger partial charge in [0.25, 0.3) is 11.8 Å². The van der Waals surface area contributed by atoms with Gasteiger partial charge < -0.3 is 19.5 Å². The van der Waals surface area contributed by atoms with Gasteiger partial charge in [0.15, 0.2) is 0 Å². The molecule has 0 radical (unpaired) electrons. The number of hydrogen-bond acceptors (Lipinski definition) is 4. The van der Waals surface area contributed by atoms with Gasteiger partial charge >= 0.3 is 0 Å². The molecule has 4 rings (SSSR count). The molecular weight excluding hydrogens is 365 g/mol. The lowest BCUT2D eigenvalue weighted by Gasteiger charge is -2.47. The molecule has 2 aromatic rings. The smallest absolute Gasteiger partial charge is 0.270 e. The van der Waals surface area contributed by atoms with Crippen LogP contribution >= 0.6 is 0 Å². The second-order valence-electron chi connectivity index (χ2n) is 7.19. The van der Waals surface area contributed by atoms with Crippen LogP contribution in [0.25, 0.3) is 0 Å². The van der Waals surface area contributed by atoms with Crippen molar-refractivity contribution in [3.63, 3.8) is 0 Å². The molecule has 2 saturated heterocycles. The van der Waals surface area contributed by atoms with Crippen molar-refractivity contribution in [1.82, 2.24) is 9.88 Å². The van der Waals surface area contributed by atoms with Gasteiger partial charge in [-0.05, 0) is 37.1 Å². The number of nitrogens with zero attached hydrogens (tertiary/aromatic N) is 2. The van der Waals surface area contributed by atoms with Crippen LogP contribution < -0.4 is 10.5 Å². The van der Waals surface area contributed by atoms with E-state index in [0.29, 0.717) is 31.6 Å². The lowest BCUT2D eigenvalue weighted by atomic mass is 9.90. The third kappa shape index (κ3) is 3.55. The zero-order valence-electron chi connectivity index (χ0n) is 15.2. The number of anilines is 1. The number of hydrogen-bond donors (Lipinski definition) is 1. The summed E-state index contributed by atoms with van der Waals surface area (Å²) in [5.74, 6) is -0.944. The first kappa shape index (κ1) is 18.4. The summed E-state index contributed by atoms with van der Waals surface area (Å²) < 4.78 is 19.5. The van der Waals surface area contributed by atoms with Crippen molar-refractivity contribution in [3.05, 3.63) is 64.3 Å². The Balaban J connectivity index is 1.56. The van der Waals surface area contributed by atoms with Gasteiger partial charge in [-0.2, -0.15) is 0 Å². The van der Waals surface area contributed by atoms with E-state index in [1.54, 1.807) is 23.1 Å². The number of benzene rings is 1. The molecule has 1 aromatic carbocycles. The molecule has 28 heavy (non-hydrogen) atoms.